The first-order chi connectivity index (χ1) is 31.0. The smallest absolute Gasteiger partial charge is 0.0547 e. The third-order valence-corrected chi connectivity index (χ3v) is 13.3. The molecule has 298 valence electrons. The van der Waals surface area contributed by atoms with E-state index in [9.17, 15) is 0 Å². The quantitative estimate of drug-likeness (QED) is 0.156. The van der Waals surface area contributed by atoms with Gasteiger partial charge in [-0.2, -0.15) is 0 Å². The van der Waals surface area contributed by atoms with Gasteiger partial charge in [0.05, 0.1) is 11.0 Å². The molecule has 2 heteroatoms. The second kappa shape index (κ2) is 14.6. The van der Waals surface area contributed by atoms with Crippen LogP contribution in [-0.2, 0) is 5.41 Å². The molecule has 0 bridgehead atoms. The normalized spacial score (nSPS) is 12.7. The number of para-hydroxylation sites is 2. The third-order valence-electron chi connectivity index (χ3n) is 13.3. The molecule has 1 aliphatic rings. The van der Waals surface area contributed by atoms with E-state index >= 15 is 0 Å². The van der Waals surface area contributed by atoms with Crippen molar-refractivity contribution < 1.29 is 0 Å². The average molecular weight is 805 g/mol. The molecule has 1 aliphatic carbocycles. The second-order valence-corrected chi connectivity index (χ2v) is 17.4. The zero-order valence-corrected chi connectivity index (χ0v) is 35.3. The van der Waals surface area contributed by atoms with E-state index in [1.54, 1.807) is 0 Å². The van der Waals surface area contributed by atoms with Crippen LogP contribution in [0.5, 0.6) is 0 Å². The van der Waals surface area contributed by atoms with Crippen molar-refractivity contribution in [3.63, 3.8) is 0 Å². The first kappa shape index (κ1) is 36.9. The minimum absolute atomic E-state index is 0.0996. The molecule has 0 spiro atoms. The molecule has 0 aliphatic heterocycles. The molecular formula is C61H44N2. The van der Waals surface area contributed by atoms with Crippen molar-refractivity contribution in [1.82, 2.24) is 4.57 Å². The summed E-state index contributed by atoms with van der Waals surface area (Å²) >= 11 is 0. The Balaban J connectivity index is 0.931. The SMILES string of the molecule is CC1(C)c2ccccc2-c2ccc3cc4c5cc(-c6cccc(-c7ccc(N(c8ccccc8)c8ccc(-c9ccccc9)cc8)cc7)c6)ccc5n(-c5ccccc5)c4cc3c21. The Labute approximate surface area is 368 Å². The van der Waals surface area contributed by atoms with Gasteiger partial charge >= 0.3 is 0 Å². The Kier molecular flexibility index (Phi) is 8.55. The zero-order chi connectivity index (χ0) is 42.1. The first-order valence-corrected chi connectivity index (χ1v) is 21.9. The summed E-state index contributed by atoms with van der Waals surface area (Å²) < 4.78 is 2.46. The van der Waals surface area contributed by atoms with E-state index in [2.05, 4.69) is 254 Å². The molecule has 63 heavy (non-hydrogen) atoms. The van der Waals surface area contributed by atoms with E-state index in [1.165, 1.54) is 93.9 Å². The monoisotopic (exact) mass is 804 g/mol. The molecule has 0 saturated carbocycles. The molecule has 1 aromatic heterocycles. The van der Waals surface area contributed by atoms with Gasteiger partial charge in [-0.15, -0.1) is 0 Å². The summed E-state index contributed by atoms with van der Waals surface area (Å²) in [5, 5.41) is 5.12. The fourth-order valence-corrected chi connectivity index (χ4v) is 10.3. The number of hydrogen-bond donors (Lipinski definition) is 0. The Morgan fingerprint density at radius 1 is 0.349 bits per heavy atom. The van der Waals surface area contributed by atoms with Crippen LogP contribution in [0.1, 0.15) is 25.0 Å². The largest absolute Gasteiger partial charge is 0.311 e. The van der Waals surface area contributed by atoms with Gasteiger partial charge in [-0.25, -0.2) is 0 Å². The highest BCUT2D eigenvalue weighted by Gasteiger charge is 2.36. The Bertz CT molecular complexity index is 3490. The molecule has 0 fully saturated rings. The van der Waals surface area contributed by atoms with Crippen LogP contribution < -0.4 is 4.90 Å². The molecule has 1 heterocycles. The van der Waals surface area contributed by atoms with Crippen LogP contribution in [0.15, 0.2) is 231 Å². The van der Waals surface area contributed by atoms with Crippen molar-refractivity contribution >= 4 is 49.6 Å². The van der Waals surface area contributed by atoms with Crippen LogP contribution in [0.2, 0.25) is 0 Å². The van der Waals surface area contributed by atoms with Crippen molar-refractivity contribution in [2.24, 2.45) is 0 Å². The lowest BCUT2D eigenvalue weighted by Gasteiger charge is -2.26. The molecule has 10 aromatic carbocycles. The van der Waals surface area contributed by atoms with Crippen molar-refractivity contribution in [2.75, 3.05) is 4.90 Å². The van der Waals surface area contributed by atoms with Gasteiger partial charge in [-0.1, -0.05) is 166 Å². The number of nitrogens with zero attached hydrogens (tertiary/aromatic N) is 2. The highest BCUT2D eigenvalue weighted by Crippen LogP contribution is 2.52. The maximum Gasteiger partial charge on any atom is 0.0547 e. The highest BCUT2D eigenvalue weighted by molar-refractivity contribution is 6.16. The van der Waals surface area contributed by atoms with E-state index in [0.29, 0.717) is 0 Å². The van der Waals surface area contributed by atoms with Gasteiger partial charge < -0.3 is 9.47 Å². The van der Waals surface area contributed by atoms with E-state index in [4.69, 9.17) is 0 Å². The molecular weight excluding hydrogens is 761 g/mol. The molecule has 2 nitrogen and oxygen atoms in total. The number of rotatable bonds is 7. The lowest BCUT2D eigenvalue weighted by molar-refractivity contribution is 0.666. The zero-order valence-electron chi connectivity index (χ0n) is 35.3. The Hall–Kier alpha value is -7.94. The lowest BCUT2D eigenvalue weighted by atomic mass is 9.80. The molecule has 0 N–H and O–H groups in total. The maximum atomic E-state index is 2.47. The summed E-state index contributed by atoms with van der Waals surface area (Å²) in [5.41, 5.74) is 19.6. The van der Waals surface area contributed by atoms with Crippen LogP contribution >= 0.6 is 0 Å². The minimum atomic E-state index is -0.0996. The highest BCUT2D eigenvalue weighted by atomic mass is 15.1. The minimum Gasteiger partial charge on any atom is -0.311 e. The number of anilines is 3. The summed E-state index contributed by atoms with van der Waals surface area (Å²) in [6, 6.07) is 84.4. The van der Waals surface area contributed by atoms with Crippen LogP contribution in [0.3, 0.4) is 0 Å². The molecule has 0 radical (unpaired) electrons. The number of benzene rings is 10. The Morgan fingerprint density at radius 2 is 0.873 bits per heavy atom. The predicted molar refractivity (Wildman–Crippen MR) is 267 cm³/mol. The van der Waals surface area contributed by atoms with E-state index in [0.717, 1.165) is 17.1 Å². The Morgan fingerprint density at radius 3 is 1.59 bits per heavy atom. The van der Waals surface area contributed by atoms with Crippen LogP contribution in [-0.4, -0.2) is 4.57 Å². The van der Waals surface area contributed by atoms with Gasteiger partial charge in [0, 0.05) is 38.9 Å². The summed E-state index contributed by atoms with van der Waals surface area (Å²) in [6.07, 6.45) is 0. The lowest BCUT2D eigenvalue weighted by Crippen LogP contribution is -2.15. The van der Waals surface area contributed by atoms with Gasteiger partial charge in [0.1, 0.15) is 0 Å². The molecule has 0 saturated heterocycles. The molecule has 0 amide bonds. The van der Waals surface area contributed by atoms with Crippen molar-refractivity contribution in [3.8, 4) is 50.2 Å². The van der Waals surface area contributed by atoms with Gasteiger partial charge in [0.15, 0.2) is 0 Å². The van der Waals surface area contributed by atoms with E-state index in [1.807, 2.05) is 0 Å². The topological polar surface area (TPSA) is 8.17 Å². The molecule has 0 atom stereocenters. The fourth-order valence-electron chi connectivity index (χ4n) is 10.3. The number of fused-ring (bicyclic) bond motifs is 8. The molecule has 0 unspecified atom stereocenters. The third kappa shape index (κ3) is 6.09. The van der Waals surface area contributed by atoms with Gasteiger partial charge in [0.25, 0.3) is 0 Å². The summed E-state index contributed by atoms with van der Waals surface area (Å²) in [4.78, 5) is 2.33. The van der Waals surface area contributed by atoms with Gasteiger partial charge in [-0.3, -0.25) is 0 Å². The van der Waals surface area contributed by atoms with Crippen LogP contribution in [0.4, 0.5) is 17.1 Å². The van der Waals surface area contributed by atoms with Gasteiger partial charge in [-0.05, 0) is 145 Å². The summed E-state index contributed by atoms with van der Waals surface area (Å²) in [6.45, 7) is 4.77. The number of hydrogen-bond acceptors (Lipinski definition) is 1. The molecule has 12 rings (SSSR count). The fraction of sp³-hybridized carbons (Fsp3) is 0.0492. The van der Waals surface area contributed by atoms with Crippen LogP contribution in [0, 0.1) is 0 Å². The first-order valence-electron chi connectivity index (χ1n) is 21.9. The molecule has 11 aromatic rings. The summed E-state index contributed by atoms with van der Waals surface area (Å²) in [7, 11) is 0. The number of aromatic nitrogens is 1. The second-order valence-electron chi connectivity index (χ2n) is 17.4. The summed E-state index contributed by atoms with van der Waals surface area (Å²) in [5.74, 6) is 0. The van der Waals surface area contributed by atoms with Crippen molar-refractivity contribution in [2.45, 2.75) is 19.3 Å². The van der Waals surface area contributed by atoms with Crippen molar-refractivity contribution in [1.29, 1.82) is 0 Å². The van der Waals surface area contributed by atoms with Gasteiger partial charge in [0.2, 0.25) is 0 Å². The van der Waals surface area contributed by atoms with E-state index < -0.39 is 0 Å². The van der Waals surface area contributed by atoms with E-state index in [-0.39, 0.29) is 5.41 Å². The standard InChI is InChI=1S/C61H44N2/c1-61(2)57-24-13-12-23-52(57)53-35-29-47-39-56-55-38-46(30-36-58(55)63(49-21-10-5-11-22-49)59(56)40-54(47)60(53)61)45-18-14-17-44(37-45)43-27-33-51(34-28-43)62(48-19-8-4-9-20-48)50-31-25-42(26-32-50)41-15-6-3-7-16-41/h3-40H,1-2H3. The maximum absolute atomic E-state index is 2.47. The average Bonchev–Trinajstić information content (AvgIpc) is 3.79. The van der Waals surface area contributed by atoms with Crippen molar-refractivity contribution in [3.05, 3.63) is 242 Å². The predicted octanol–water partition coefficient (Wildman–Crippen LogP) is 16.7. The van der Waals surface area contributed by atoms with Crippen LogP contribution in [0.25, 0.3) is 82.8 Å².